The topological polar surface area (TPSA) is 73.4 Å². The fourth-order valence-electron chi connectivity index (χ4n) is 3.09. The summed E-state index contributed by atoms with van der Waals surface area (Å²) in [6.07, 6.45) is 8.87. The van der Waals surface area contributed by atoms with E-state index in [1.54, 1.807) is 33.7 Å². The molecule has 0 radical (unpaired) electrons. The summed E-state index contributed by atoms with van der Waals surface area (Å²) >= 11 is 1.82. The third-order valence-corrected chi connectivity index (χ3v) is 5.73. The van der Waals surface area contributed by atoms with Gasteiger partial charge in [0.05, 0.1) is 5.69 Å². The third-order valence-electron chi connectivity index (χ3n) is 4.66. The number of aromatic nitrogens is 2. The van der Waals surface area contributed by atoms with Crippen LogP contribution in [0.5, 0.6) is 0 Å². The van der Waals surface area contributed by atoms with Gasteiger partial charge in [-0.2, -0.15) is 0 Å². The van der Waals surface area contributed by atoms with Crippen LogP contribution in [0.2, 0.25) is 0 Å². The first-order chi connectivity index (χ1) is 13.1. The number of fused-ring (bicyclic) bond motifs is 1. The Bertz CT molecular complexity index is 931. The van der Waals surface area contributed by atoms with E-state index in [1.807, 2.05) is 17.4 Å². The fourth-order valence-corrected chi connectivity index (χ4v) is 4.23. The van der Waals surface area contributed by atoms with Gasteiger partial charge in [0.1, 0.15) is 10.6 Å². The van der Waals surface area contributed by atoms with Crippen LogP contribution in [0.25, 0.3) is 21.5 Å². The Morgan fingerprint density at radius 2 is 2.07 bits per heavy atom. The largest absolute Gasteiger partial charge is 0.388 e. The van der Waals surface area contributed by atoms with E-state index in [0.29, 0.717) is 5.82 Å². The normalized spacial score (nSPS) is 14.2. The minimum Gasteiger partial charge on any atom is -0.388 e. The number of nitrogen functional groups attached to an aromatic ring is 1. The molecule has 4 rings (SSSR count). The maximum atomic E-state index is 5.89. The Morgan fingerprint density at radius 1 is 1.30 bits per heavy atom. The van der Waals surface area contributed by atoms with Crippen molar-refractivity contribution in [3.8, 4) is 11.3 Å². The Labute approximate surface area is 164 Å². The van der Waals surface area contributed by atoms with Crippen molar-refractivity contribution < 1.29 is 4.74 Å². The highest BCUT2D eigenvalue weighted by Gasteiger charge is 2.19. The highest BCUT2D eigenvalue weighted by Crippen LogP contribution is 2.34. The number of nitrogens with two attached hydrogens (primary N) is 1. The van der Waals surface area contributed by atoms with Crippen LogP contribution in [0.1, 0.15) is 29.7 Å². The number of nitrogens with zero attached hydrogens (tertiary/aromatic N) is 3. The average Bonchev–Trinajstić information content (AvgIpc) is 3.03. The van der Waals surface area contributed by atoms with Gasteiger partial charge in [-0.05, 0) is 36.6 Å². The van der Waals surface area contributed by atoms with E-state index < -0.39 is 0 Å². The van der Waals surface area contributed by atoms with Crippen molar-refractivity contribution in [2.45, 2.75) is 25.7 Å². The standard InChI is InChI=1S/C19H20N4S.C2H6O/c1-21-10-15-8-14(11-22-18(15)20)17-6-5-13-9-16(24-19(13)23-17)7-12-3-2-4-12;1-3-2/h5-6,8-12H,2-4,7H2,1H3,(H2,20,22);1-2H3. The van der Waals surface area contributed by atoms with E-state index in [4.69, 9.17) is 10.7 Å². The second-order valence-electron chi connectivity index (χ2n) is 6.80. The number of pyridine rings is 2. The first-order valence-electron chi connectivity index (χ1n) is 9.12. The van der Waals surface area contributed by atoms with Crippen molar-refractivity contribution in [1.82, 2.24) is 9.97 Å². The molecule has 0 amide bonds. The summed E-state index contributed by atoms with van der Waals surface area (Å²) in [6.45, 7) is 0. The molecule has 1 aliphatic carbocycles. The van der Waals surface area contributed by atoms with Gasteiger partial charge in [-0.25, -0.2) is 9.97 Å². The van der Waals surface area contributed by atoms with Crippen molar-refractivity contribution in [3.05, 3.63) is 40.9 Å². The lowest BCUT2D eigenvalue weighted by Crippen LogP contribution is -2.12. The first kappa shape index (κ1) is 19.5. The zero-order chi connectivity index (χ0) is 19.2. The van der Waals surface area contributed by atoms with Crippen LogP contribution in [-0.4, -0.2) is 37.4 Å². The number of aliphatic imine (C=N–C) groups is 1. The van der Waals surface area contributed by atoms with Gasteiger partial charge in [-0.1, -0.05) is 19.3 Å². The Balaban J connectivity index is 0.000000659. The lowest BCUT2D eigenvalue weighted by atomic mass is 9.83. The van der Waals surface area contributed by atoms with Gasteiger partial charge in [-0.15, -0.1) is 11.3 Å². The van der Waals surface area contributed by atoms with E-state index in [1.165, 1.54) is 35.9 Å². The van der Waals surface area contributed by atoms with Gasteiger partial charge in [0.25, 0.3) is 0 Å². The lowest BCUT2D eigenvalue weighted by molar-refractivity contribution is 0.277. The number of ether oxygens (including phenoxy) is 1. The number of thiophene rings is 1. The van der Waals surface area contributed by atoms with Crippen LogP contribution in [0.3, 0.4) is 0 Å². The number of rotatable bonds is 4. The van der Waals surface area contributed by atoms with Crippen molar-refractivity contribution >= 4 is 33.6 Å². The van der Waals surface area contributed by atoms with Crippen LogP contribution < -0.4 is 5.73 Å². The number of hydrogen-bond acceptors (Lipinski definition) is 6. The molecule has 0 saturated heterocycles. The summed E-state index contributed by atoms with van der Waals surface area (Å²) in [7, 11) is 4.98. The van der Waals surface area contributed by atoms with Gasteiger partial charge in [0.2, 0.25) is 0 Å². The fraction of sp³-hybridized carbons (Fsp3) is 0.381. The number of methoxy groups -OCH3 is 1. The molecule has 3 heterocycles. The zero-order valence-corrected chi connectivity index (χ0v) is 16.9. The molecule has 0 aliphatic heterocycles. The van der Waals surface area contributed by atoms with Crippen molar-refractivity contribution in [3.63, 3.8) is 0 Å². The summed E-state index contributed by atoms with van der Waals surface area (Å²) < 4.78 is 4.25. The predicted molar refractivity (Wildman–Crippen MR) is 115 cm³/mol. The maximum absolute atomic E-state index is 5.89. The molecular weight excluding hydrogens is 356 g/mol. The Hall–Kier alpha value is -2.31. The minimum atomic E-state index is 0.490. The highest BCUT2D eigenvalue weighted by molar-refractivity contribution is 7.18. The summed E-state index contributed by atoms with van der Waals surface area (Å²) in [5.74, 6) is 1.37. The smallest absolute Gasteiger partial charge is 0.132 e. The molecule has 0 aromatic carbocycles. The first-order valence-corrected chi connectivity index (χ1v) is 9.94. The van der Waals surface area contributed by atoms with Crippen LogP contribution in [0.4, 0.5) is 5.82 Å². The van der Waals surface area contributed by atoms with E-state index in [2.05, 4.69) is 32.9 Å². The summed E-state index contributed by atoms with van der Waals surface area (Å²) in [5.41, 5.74) is 8.62. The summed E-state index contributed by atoms with van der Waals surface area (Å²) in [6, 6.07) is 8.50. The summed E-state index contributed by atoms with van der Waals surface area (Å²) in [5, 5.41) is 1.23. The molecule has 0 spiro atoms. The van der Waals surface area contributed by atoms with E-state index >= 15 is 0 Å². The molecular formula is C21H26N4OS. The van der Waals surface area contributed by atoms with Gasteiger partial charge < -0.3 is 10.5 Å². The second-order valence-corrected chi connectivity index (χ2v) is 7.91. The van der Waals surface area contributed by atoms with Gasteiger partial charge in [-0.3, -0.25) is 4.99 Å². The lowest BCUT2D eigenvalue weighted by Gasteiger charge is -2.24. The molecule has 0 atom stereocenters. The molecule has 142 valence electrons. The third kappa shape index (κ3) is 4.70. The number of anilines is 1. The quantitative estimate of drug-likeness (QED) is 0.670. The molecule has 2 N–H and O–H groups in total. The summed E-state index contributed by atoms with van der Waals surface area (Å²) in [4.78, 5) is 15.7. The van der Waals surface area contributed by atoms with Crippen LogP contribution >= 0.6 is 11.3 Å². The molecule has 5 nitrogen and oxygen atoms in total. The molecule has 1 fully saturated rings. The second kappa shape index (κ2) is 9.06. The maximum Gasteiger partial charge on any atom is 0.132 e. The molecule has 3 aromatic heterocycles. The Morgan fingerprint density at radius 3 is 2.74 bits per heavy atom. The molecule has 0 unspecified atom stereocenters. The molecule has 1 saturated carbocycles. The van der Waals surface area contributed by atoms with Crippen LogP contribution in [-0.2, 0) is 11.2 Å². The molecule has 6 heteroatoms. The van der Waals surface area contributed by atoms with Crippen molar-refractivity contribution in [1.29, 1.82) is 0 Å². The Kier molecular flexibility index (Phi) is 6.53. The van der Waals surface area contributed by atoms with Gasteiger partial charge >= 0.3 is 0 Å². The van der Waals surface area contributed by atoms with Gasteiger partial charge in [0, 0.05) is 55.1 Å². The molecule has 27 heavy (non-hydrogen) atoms. The molecule has 0 bridgehead atoms. The van der Waals surface area contributed by atoms with E-state index in [9.17, 15) is 0 Å². The SMILES string of the molecule is CN=Cc1cc(-c2ccc3cc(CC4CCC4)sc3n2)cnc1N.COC. The zero-order valence-electron chi connectivity index (χ0n) is 16.1. The van der Waals surface area contributed by atoms with E-state index in [0.717, 1.165) is 27.6 Å². The van der Waals surface area contributed by atoms with Crippen LogP contribution in [0.15, 0.2) is 35.5 Å². The molecule has 3 aromatic rings. The molecule has 1 aliphatic rings. The van der Waals surface area contributed by atoms with Crippen molar-refractivity contribution in [2.75, 3.05) is 27.0 Å². The highest BCUT2D eigenvalue weighted by atomic mass is 32.1. The van der Waals surface area contributed by atoms with Crippen LogP contribution in [0, 0.1) is 5.92 Å². The minimum absolute atomic E-state index is 0.490. The number of hydrogen-bond donors (Lipinski definition) is 1. The van der Waals surface area contributed by atoms with Crippen molar-refractivity contribution in [2.24, 2.45) is 10.9 Å². The monoisotopic (exact) mass is 382 g/mol. The van der Waals surface area contributed by atoms with Gasteiger partial charge in [0.15, 0.2) is 0 Å². The predicted octanol–water partition coefficient (Wildman–Crippen LogP) is 4.59. The average molecular weight is 383 g/mol. The van der Waals surface area contributed by atoms with E-state index in [-0.39, 0.29) is 0 Å².